The number of nitrogens with zero attached hydrogens (tertiary/aromatic N) is 2. The third kappa shape index (κ3) is 0.893. The third-order valence-electron chi connectivity index (χ3n) is 2.31. The molecule has 0 amide bonds. The van der Waals surface area contributed by atoms with Crippen LogP contribution in [0.2, 0.25) is 0 Å². The molecule has 3 rings (SSSR count). The number of fused-ring (bicyclic) bond motifs is 3. The first kappa shape index (κ1) is 7.38. The number of ketones is 1. The van der Waals surface area contributed by atoms with Gasteiger partial charge in [0.15, 0.2) is 5.78 Å². The summed E-state index contributed by atoms with van der Waals surface area (Å²) >= 11 is 0. The van der Waals surface area contributed by atoms with Crippen LogP contribution in [-0.4, -0.2) is 18.2 Å². The van der Waals surface area contributed by atoms with E-state index in [0.29, 0.717) is 0 Å². The molecule has 2 aliphatic rings. The minimum absolute atomic E-state index is 0.0637. The fourth-order valence-electron chi connectivity index (χ4n) is 1.67. The fraction of sp³-hybridized carbons (Fsp3) is 0. The van der Waals surface area contributed by atoms with Gasteiger partial charge in [-0.2, -0.15) is 0 Å². The van der Waals surface area contributed by atoms with Gasteiger partial charge in [-0.25, -0.2) is 0 Å². The van der Waals surface area contributed by atoms with Gasteiger partial charge in [0.25, 0.3) is 0 Å². The van der Waals surface area contributed by atoms with Crippen molar-refractivity contribution in [2.75, 3.05) is 0 Å². The summed E-state index contributed by atoms with van der Waals surface area (Å²) in [5.74, 6) is -0.0637. The van der Waals surface area contributed by atoms with Crippen LogP contribution in [0.4, 0.5) is 11.4 Å². The van der Waals surface area contributed by atoms with Gasteiger partial charge in [-0.1, -0.05) is 0 Å². The lowest BCUT2D eigenvalue weighted by Crippen LogP contribution is -2.27. The van der Waals surface area contributed by atoms with Gasteiger partial charge in [0.1, 0.15) is 0 Å². The molecule has 0 atom stereocenters. The molecular formula is C11H6N2O. The zero-order valence-electron chi connectivity index (χ0n) is 7.27. The molecule has 0 fully saturated rings. The van der Waals surface area contributed by atoms with Crippen molar-refractivity contribution in [3.05, 3.63) is 22.6 Å². The average Bonchev–Trinajstić information content (AvgIpc) is 2.65. The second-order valence-electron chi connectivity index (χ2n) is 3.18. The van der Waals surface area contributed by atoms with Crippen LogP contribution >= 0.6 is 0 Å². The smallest absolute Gasteiger partial charge is 0.197 e. The van der Waals surface area contributed by atoms with Crippen molar-refractivity contribution in [2.45, 2.75) is 0 Å². The Labute approximate surface area is 79.8 Å². The van der Waals surface area contributed by atoms with E-state index in [1.165, 1.54) is 6.21 Å². The quantitative estimate of drug-likeness (QED) is 0.567. The Hall–Kier alpha value is -2.03. The highest BCUT2D eigenvalue weighted by Crippen LogP contribution is 2.12. The lowest BCUT2D eigenvalue weighted by Gasteiger charge is -2.01. The molecule has 0 unspecified atom stereocenters. The normalized spacial score (nSPS) is 15.9. The molecule has 1 aromatic carbocycles. The van der Waals surface area contributed by atoms with Crippen molar-refractivity contribution in [1.82, 2.24) is 0 Å². The topological polar surface area (TPSA) is 41.8 Å². The van der Waals surface area contributed by atoms with E-state index in [9.17, 15) is 4.79 Å². The molecule has 0 N–H and O–H groups in total. The molecule has 0 saturated heterocycles. The van der Waals surface area contributed by atoms with Crippen molar-refractivity contribution in [3.63, 3.8) is 0 Å². The fourth-order valence-corrected chi connectivity index (χ4v) is 1.67. The van der Waals surface area contributed by atoms with E-state index in [1.807, 2.05) is 18.2 Å². The molecule has 14 heavy (non-hydrogen) atoms. The van der Waals surface area contributed by atoms with E-state index in [2.05, 4.69) is 9.98 Å². The predicted molar refractivity (Wildman–Crippen MR) is 55.9 cm³/mol. The molecule has 3 heteroatoms. The monoisotopic (exact) mass is 182 g/mol. The van der Waals surface area contributed by atoms with Gasteiger partial charge < -0.3 is 0 Å². The molecule has 0 bridgehead atoms. The maximum Gasteiger partial charge on any atom is 0.197 e. The Morgan fingerprint density at radius 3 is 2.64 bits per heavy atom. The minimum Gasteiger partial charge on any atom is -0.288 e. The Morgan fingerprint density at radius 1 is 1.00 bits per heavy atom. The van der Waals surface area contributed by atoms with E-state index in [1.54, 1.807) is 12.3 Å². The van der Waals surface area contributed by atoms with Crippen LogP contribution in [0.1, 0.15) is 0 Å². The van der Waals surface area contributed by atoms with Gasteiger partial charge in [-0.15, -0.1) is 0 Å². The van der Waals surface area contributed by atoms with Gasteiger partial charge in [-0.05, 0) is 24.3 Å². The number of Topliss-reactive ketones (excluding diaryl/α,β-unsaturated/α-hetero) is 1. The maximum absolute atomic E-state index is 11.2. The third-order valence-corrected chi connectivity index (χ3v) is 2.31. The second-order valence-corrected chi connectivity index (χ2v) is 3.18. The maximum atomic E-state index is 11.2. The van der Waals surface area contributed by atoms with Crippen LogP contribution in [0.5, 0.6) is 0 Å². The van der Waals surface area contributed by atoms with Crippen molar-refractivity contribution in [2.24, 2.45) is 9.98 Å². The van der Waals surface area contributed by atoms with Gasteiger partial charge in [0.05, 0.1) is 17.6 Å². The standard InChI is InChI=1S/C11H6N2O/c14-7-5-9-8-3-4-12-10(8)1-2-11(9)13-6-7/h1-6H. The van der Waals surface area contributed by atoms with Crippen molar-refractivity contribution in [3.8, 4) is 0 Å². The highest BCUT2D eigenvalue weighted by atomic mass is 16.1. The summed E-state index contributed by atoms with van der Waals surface area (Å²) in [4.78, 5) is 19.4. The largest absolute Gasteiger partial charge is 0.288 e. The number of hydrogen-bond donors (Lipinski definition) is 0. The number of rotatable bonds is 0. The molecule has 0 radical (unpaired) electrons. The van der Waals surface area contributed by atoms with Crippen LogP contribution in [-0.2, 0) is 4.79 Å². The Bertz CT molecular complexity index is 609. The van der Waals surface area contributed by atoms with Gasteiger partial charge >= 0.3 is 0 Å². The summed E-state index contributed by atoms with van der Waals surface area (Å²) in [7, 11) is 0. The summed E-state index contributed by atoms with van der Waals surface area (Å²) in [6, 6.07) is 3.79. The average molecular weight is 182 g/mol. The highest BCUT2D eigenvalue weighted by molar-refractivity contribution is 6.42. The lowest BCUT2D eigenvalue weighted by molar-refractivity contribution is -0.107. The van der Waals surface area contributed by atoms with E-state index in [4.69, 9.17) is 0 Å². The molecule has 2 aliphatic heterocycles. The first-order chi connectivity index (χ1) is 6.84. The number of benzene rings is 1. The molecule has 2 heterocycles. The first-order valence-corrected chi connectivity index (χ1v) is 4.32. The summed E-state index contributed by atoms with van der Waals surface area (Å²) in [5, 5.41) is 1.88. The number of carbonyl (C=O) groups is 1. The summed E-state index contributed by atoms with van der Waals surface area (Å²) in [6.45, 7) is 0. The van der Waals surface area contributed by atoms with Crippen LogP contribution in [0, 0.1) is 0 Å². The molecule has 0 aromatic heterocycles. The van der Waals surface area contributed by atoms with E-state index in [-0.39, 0.29) is 5.78 Å². The minimum atomic E-state index is -0.0637. The zero-order valence-corrected chi connectivity index (χ0v) is 7.27. The zero-order chi connectivity index (χ0) is 9.54. The Morgan fingerprint density at radius 2 is 1.79 bits per heavy atom. The molecule has 3 nitrogen and oxygen atoms in total. The van der Waals surface area contributed by atoms with E-state index in [0.717, 1.165) is 21.8 Å². The number of hydrogen-bond acceptors (Lipinski definition) is 3. The number of aliphatic imine (C=N–C) groups is 2. The Balaban J connectivity index is 2.51. The van der Waals surface area contributed by atoms with E-state index < -0.39 is 0 Å². The van der Waals surface area contributed by atoms with Gasteiger partial charge in [0.2, 0.25) is 0 Å². The summed E-state index contributed by atoms with van der Waals surface area (Å²) < 4.78 is 0. The van der Waals surface area contributed by atoms with Crippen LogP contribution in [0.25, 0.3) is 12.2 Å². The SMILES string of the molecule is O=C1C=Nc2ccc3c(c2=C1)=CC=N3. The van der Waals surface area contributed by atoms with Crippen LogP contribution in [0.3, 0.4) is 0 Å². The first-order valence-electron chi connectivity index (χ1n) is 4.32. The van der Waals surface area contributed by atoms with Crippen molar-refractivity contribution < 1.29 is 4.79 Å². The van der Waals surface area contributed by atoms with Crippen molar-refractivity contribution in [1.29, 1.82) is 0 Å². The van der Waals surface area contributed by atoms with Gasteiger partial charge in [-0.3, -0.25) is 14.8 Å². The Kier molecular flexibility index (Phi) is 1.31. The molecule has 0 aliphatic carbocycles. The van der Waals surface area contributed by atoms with Crippen molar-refractivity contribution >= 4 is 41.7 Å². The highest BCUT2D eigenvalue weighted by Gasteiger charge is 2.07. The second kappa shape index (κ2) is 2.48. The van der Waals surface area contributed by atoms with E-state index >= 15 is 0 Å². The molecule has 1 aromatic rings. The molecule has 66 valence electrons. The van der Waals surface area contributed by atoms with Gasteiger partial charge in [0, 0.05) is 16.7 Å². The lowest BCUT2D eigenvalue weighted by atomic mass is 10.1. The van der Waals surface area contributed by atoms with Crippen LogP contribution < -0.4 is 10.4 Å². The summed E-state index contributed by atoms with van der Waals surface area (Å²) in [5.41, 5.74) is 1.75. The van der Waals surface area contributed by atoms with Crippen LogP contribution in [0.15, 0.2) is 22.1 Å². The summed E-state index contributed by atoms with van der Waals surface area (Å²) in [6.07, 6.45) is 6.58. The number of carbonyl (C=O) groups excluding carboxylic acids is 1. The molecule has 0 spiro atoms. The molecule has 0 saturated carbocycles. The predicted octanol–water partition coefficient (Wildman–Crippen LogP) is 0.248. The molecular weight excluding hydrogens is 176 g/mol.